The van der Waals surface area contributed by atoms with Gasteiger partial charge < -0.3 is 13.9 Å². The molecule has 0 saturated heterocycles. The number of rotatable bonds is 10. The summed E-state index contributed by atoms with van der Waals surface area (Å²) in [5, 5.41) is 0.0480. The Balaban J connectivity index is 2.18. The first kappa shape index (κ1) is 27.5. The second-order valence-electron chi connectivity index (χ2n) is 10.1. The van der Waals surface area contributed by atoms with E-state index in [9.17, 15) is 9.59 Å². The average molecular weight is 483 g/mol. The zero-order valence-electron chi connectivity index (χ0n) is 21.5. The van der Waals surface area contributed by atoms with E-state index in [2.05, 4.69) is 40.4 Å². The average Bonchev–Trinajstić information content (AvgIpc) is 2.77. The largest absolute Gasteiger partial charge is 0.455 e. The van der Waals surface area contributed by atoms with Crippen LogP contribution in [0.1, 0.15) is 64.4 Å². The molecule has 0 radical (unpaired) electrons. The molecule has 34 heavy (non-hydrogen) atoms. The van der Waals surface area contributed by atoms with Crippen molar-refractivity contribution in [3.8, 4) is 0 Å². The highest BCUT2D eigenvalue weighted by atomic mass is 28.4. The molecule has 0 saturated carbocycles. The molecule has 0 aromatic heterocycles. The number of hydrogen-bond donors (Lipinski definition) is 0. The van der Waals surface area contributed by atoms with Gasteiger partial charge >= 0.3 is 11.9 Å². The van der Waals surface area contributed by atoms with Crippen LogP contribution in [0.5, 0.6) is 0 Å². The van der Waals surface area contributed by atoms with E-state index in [1.165, 1.54) is 6.92 Å². The van der Waals surface area contributed by atoms with Crippen LogP contribution in [-0.4, -0.2) is 26.4 Å². The van der Waals surface area contributed by atoms with Crippen LogP contribution in [0.15, 0.2) is 72.8 Å². The van der Waals surface area contributed by atoms with Gasteiger partial charge in [0.25, 0.3) is 0 Å². The lowest BCUT2D eigenvalue weighted by Crippen LogP contribution is -2.42. The molecule has 0 amide bonds. The molecular formula is C28H38O5Si. The maximum Gasteiger partial charge on any atom is 0.352 e. The topological polar surface area (TPSA) is 61.8 Å². The molecule has 0 N–H and O–H groups in total. The Morgan fingerprint density at radius 1 is 0.912 bits per heavy atom. The fourth-order valence-corrected chi connectivity index (χ4v) is 4.48. The standard InChI is InChI=1S/C28H38O5Si/c1-20(19-25(23-15-11-9-12-16-23)33-34(7,8)28(4,5)6)21(2)31-27(30)26(32-22(3)29)24-17-13-10-14-18-24/h9-18,21,25-26H,1,19H2,2-8H3/t21-,25+,26+/m1/s1. The van der Waals surface area contributed by atoms with Gasteiger partial charge in [-0.25, -0.2) is 4.79 Å². The molecule has 0 fully saturated rings. The zero-order valence-corrected chi connectivity index (χ0v) is 22.5. The van der Waals surface area contributed by atoms with Gasteiger partial charge in [-0.05, 0) is 36.2 Å². The van der Waals surface area contributed by atoms with E-state index in [0.29, 0.717) is 12.0 Å². The summed E-state index contributed by atoms with van der Waals surface area (Å²) in [6.07, 6.45) is -1.39. The Morgan fingerprint density at radius 3 is 1.88 bits per heavy atom. The van der Waals surface area contributed by atoms with Crippen molar-refractivity contribution in [2.45, 2.75) is 77.5 Å². The number of carbonyl (C=O) groups is 2. The Bertz CT molecular complexity index is 963. The van der Waals surface area contributed by atoms with Crippen molar-refractivity contribution >= 4 is 20.3 Å². The molecule has 6 heteroatoms. The molecule has 0 aliphatic carbocycles. The molecule has 2 aromatic carbocycles. The molecule has 0 aliphatic heterocycles. The van der Waals surface area contributed by atoms with Crippen molar-refractivity contribution in [1.29, 1.82) is 0 Å². The van der Waals surface area contributed by atoms with Crippen LogP contribution in [0.4, 0.5) is 0 Å². The quantitative estimate of drug-likeness (QED) is 0.209. The van der Waals surface area contributed by atoms with Gasteiger partial charge in [-0.1, -0.05) is 88.0 Å². The summed E-state index contributed by atoms with van der Waals surface area (Å²) in [6, 6.07) is 18.9. The minimum absolute atomic E-state index is 0.0480. The lowest BCUT2D eigenvalue weighted by Gasteiger charge is -2.40. The predicted molar refractivity (Wildman–Crippen MR) is 138 cm³/mol. The molecule has 0 aliphatic rings. The van der Waals surface area contributed by atoms with Crippen LogP contribution in [0.3, 0.4) is 0 Å². The van der Waals surface area contributed by atoms with Crippen molar-refractivity contribution in [3.05, 3.63) is 83.9 Å². The third-order valence-electron chi connectivity index (χ3n) is 6.33. The first-order valence-electron chi connectivity index (χ1n) is 11.6. The molecule has 0 heterocycles. The van der Waals surface area contributed by atoms with Crippen molar-refractivity contribution in [1.82, 2.24) is 0 Å². The van der Waals surface area contributed by atoms with Gasteiger partial charge in [0.05, 0.1) is 6.10 Å². The molecule has 0 bridgehead atoms. The van der Waals surface area contributed by atoms with Gasteiger partial charge in [-0.3, -0.25) is 4.79 Å². The van der Waals surface area contributed by atoms with Crippen molar-refractivity contribution in [2.24, 2.45) is 0 Å². The molecule has 2 aromatic rings. The van der Waals surface area contributed by atoms with Crippen LogP contribution in [0.2, 0.25) is 18.1 Å². The number of esters is 2. The summed E-state index contributed by atoms with van der Waals surface area (Å²) in [7, 11) is -2.07. The van der Waals surface area contributed by atoms with Gasteiger partial charge in [0.15, 0.2) is 8.32 Å². The SMILES string of the molecule is C=C(C[C@H](O[Si](C)(C)C(C)(C)C)c1ccccc1)[C@@H](C)OC(=O)[C@@H](OC(C)=O)c1ccccc1. The van der Waals surface area contributed by atoms with E-state index in [-0.39, 0.29) is 11.1 Å². The summed E-state index contributed by atoms with van der Waals surface area (Å²) in [6.45, 7) is 18.3. The normalized spacial score (nSPS) is 14.6. The van der Waals surface area contributed by atoms with E-state index in [1.807, 2.05) is 36.4 Å². The first-order valence-corrected chi connectivity index (χ1v) is 14.6. The predicted octanol–water partition coefficient (Wildman–Crippen LogP) is 6.93. The summed E-state index contributed by atoms with van der Waals surface area (Å²) < 4.78 is 17.7. The molecular weight excluding hydrogens is 444 g/mol. The van der Waals surface area contributed by atoms with Crippen LogP contribution < -0.4 is 0 Å². The highest BCUT2D eigenvalue weighted by Crippen LogP contribution is 2.41. The summed E-state index contributed by atoms with van der Waals surface area (Å²) in [4.78, 5) is 24.6. The second-order valence-corrected chi connectivity index (χ2v) is 14.9. The zero-order chi connectivity index (χ0) is 25.5. The van der Waals surface area contributed by atoms with Crippen LogP contribution >= 0.6 is 0 Å². The Kier molecular flexibility index (Phi) is 9.42. The summed E-state index contributed by atoms with van der Waals surface area (Å²) >= 11 is 0. The van der Waals surface area contributed by atoms with E-state index in [0.717, 1.165) is 11.1 Å². The fourth-order valence-electron chi connectivity index (χ4n) is 3.20. The molecule has 3 atom stereocenters. The van der Waals surface area contributed by atoms with Crippen molar-refractivity contribution in [3.63, 3.8) is 0 Å². The van der Waals surface area contributed by atoms with Gasteiger partial charge in [0.2, 0.25) is 6.10 Å². The van der Waals surface area contributed by atoms with Gasteiger partial charge in [0, 0.05) is 18.9 Å². The molecule has 0 unspecified atom stereocenters. The second kappa shape index (κ2) is 11.6. The van der Waals surface area contributed by atoms with E-state index in [1.54, 1.807) is 31.2 Å². The summed E-state index contributed by atoms with van der Waals surface area (Å²) in [5.74, 6) is -1.18. The van der Waals surface area contributed by atoms with Crippen LogP contribution in [-0.2, 0) is 23.5 Å². The van der Waals surface area contributed by atoms with Crippen molar-refractivity contribution in [2.75, 3.05) is 0 Å². The highest BCUT2D eigenvalue weighted by molar-refractivity contribution is 6.74. The maximum absolute atomic E-state index is 12.9. The summed E-state index contributed by atoms with van der Waals surface area (Å²) in [5.41, 5.74) is 2.36. The Hall–Kier alpha value is -2.70. The highest BCUT2D eigenvalue weighted by Gasteiger charge is 2.40. The molecule has 0 spiro atoms. The van der Waals surface area contributed by atoms with E-state index >= 15 is 0 Å². The van der Waals surface area contributed by atoms with Crippen molar-refractivity contribution < 1.29 is 23.5 Å². The van der Waals surface area contributed by atoms with Gasteiger partial charge in [0.1, 0.15) is 6.10 Å². The Labute approximate surface area is 205 Å². The van der Waals surface area contributed by atoms with E-state index < -0.39 is 32.5 Å². The molecule has 5 nitrogen and oxygen atoms in total. The third-order valence-corrected chi connectivity index (χ3v) is 10.8. The van der Waals surface area contributed by atoms with Crippen LogP contribution in [0.25, 0.3) is 0 Å². The first-order chi connectivity index (χ1) is 15.8. The van der Waals surface area contributed by atoms with Gasteiger partial charge in [-0.15, -0.1) is 0 Å². The monoisotopic (exact) mass is 482 g/mol. The van der Waals surface area contributed by atoms with E-state index in [4.69, 9.17) is 13.9 Å². The van der Waals surface area contributed by atoms with Crippen LogP contribution in [0, 0.1) is 0 Å². The molecule has 2 rings (SSSR count). The molecule has 184 valence electrons. The number of hydrogen-bond acceptors (Lipinski definition) is 5. The smallest absolute Gasteiger partial charge is 0.352 e. The lowest BCUT2D eigenvalue weighted by molar-refractivity contribution is -0.169. The fraction of sp³-hybridized carbons (Fsp3) is 0.429. The van der Waals surface area contributed by atoms with Gasteiger partial charge in [-0.2, -0.15) is 0 Å². The minimum atomic E-state index is -2.07. The maximum atomic E-state index is 12.9. The lowest BCUT2D eigenvalue weighted by atomic mass is 10.00. The number of carbonyl (C=O) groups excluding carboxylic acids is 2. The third kappa shape index (κ3) is 7.67. The Morgan fingerprint density at radius 2 is 1.41 bits per heavy atom. The minimum Gasteiger partial charge on any atom is -0.455 e. The number of ether oxygens (including phenoxy) is 2. The number of benzene rings is 2.